The normalized spacial score (nSPS) is 28.2. The minimum Gasteiger partial charge on any atom is -0.362 e. The van der Waals surface area contributed by atoms with Gasteiger partial charge in [0.05, 0.1) is 11.6 Å². The molecule has 1 amide bonds. The Morgan fingerprint density at radius 3 is 2.65 bits per heavy atom. The van der Waals surface area contributed by atoms with E-state index in [1.807, 2.05) is 13.0 Å². The van der Waals surface area contributed by atoms with Gasteiger partial charge in [0.2, 0.25) is 0 Å². The van der Waals surface area contributed by atoms with Crippen molar-refractivity contribution in [2.75, 3.05) is 42.7 Å². The average Bonchev–Trinajstić information content (AvgIpc) is 3.53. The molecule has 9 nitrogen and oxygen atoms in total. The Hall–Kier alpha value is -3.32. The number of fused-ring (bicyclic) bond motifs is 2. The minimum absolute atomic E-state index is 0.0107. The molecule has 1 aliphatic carbocycles. The van der Waals surface area contributed by atoms with Crippen LogP contribution in [0.5, 0.6) is 0 Å². The number of pyridine rings is 1. The molecule has 0 bridgehead atoms. The van der Waals surface area contributed by atoms with Crippen LogP contribution in [0.4, 0.5) is 21.8 Å². The van der Waals surface area contributed by atoms with E-state index in [4.69, 9.17) is 14.7 Å². The first-order chi connectivity index (χ1) is 17.9. The zero-order chi connectivity index (χ0) is 25.8. The van der Waals surface area contributed by atoms with Crippen molar-refractivity contribution in [1.82, 2.24) is 19.9 Å². The molecular formula is C27H32FN7O2. The molecule has 5 heterocycles. The number of ether oxygens (including phenoxy) is 1. The van der Waals surface area contributed by atoms with E-state index in [0.29, 0.717) is 38.1 Å². The van der Waals surface area contributed by atoms with E-state index >= 15 is 0 Å². The van der Waals surface area contributed by atoms with E-state index in [-0.39, 0.29) is 23.4 Å². The lowest BCUT2D eigenvalue weighted by Gasteiger charge is -2.48. The lowest BCUT2D eigenvalue weighted by atomic mass is 9.66. The highest BCUT2D eigenvalue weighted by molar-refractivity contribution is 5.86. The van der Waals surface area contributed by atoms with Crippen molar-refractivity contribution in [3.63, 3.8) is 0 Å². The van der Waals surface area contributed by atoms with Crippen molar-refractivity contribution in [2.24, 2.45) is 0 Å². The fourth-order valence-electron chi connectivity index (χ4n) is 6.55. The van der Waals surface area contributed by atoms with Gasteiger partial charge in [-0.25, -0.2) is 19.3 Å². The first-order valence-corrected chi connectivity index (χ1v) is 13.2. The van der Waals surface area contributed by atoms with E-state index in [1.54, 1.807) is 23.5 Å². The molecule has 2 aromatic heterocycles. The molecule has 10 heteroatoms. The first-order valence-electron chi connectivity index (χ1n) is 13.2. The number of alkyl halides is 1. The number of anilines is 3. The van der Waals surface area contributed by atoms with Crippen molar-refractivity contribution < 1.29 is 13.9 Å². The quantitative estimate of drug-likeness (QED) is 0.625. The molecule has 3 fully saturated rings. The molecule has 0 N–H and O–H groups in total. The van der Waals surface area contributed by atoms with E-state index in [2.05, 4.69) is 27.8 Å². The summed E-state index contributed by atoms with van der Waals surface area (Å²) in [7, 11) is 0. The van der Waals surface area contributed by atoms with Crippen LogP contribution < -0.4 is 9.80 Å². The molecule has 6 rings (SSSR count). The van der Waals surface area contributed by atoms with Crippen molar-refractivity contribution in [1.29, 1.82) is 5.26 Å². The number of halogens is 1. The van der Waals surface area contributed by atoms with Crippen molar-refractivity contribution >= 4 is 23.4 Å². The maximum absolute atomic E-state index is 14.0. The molecule has 0 radical (unpaired) electrons. The molecule has 3 atom stereocenters. The van der Waals surface area contributed by atoms with E-state index in [0.717, 1.165) is 48.8 Å². The molecule has 4 aliphatic rings. The SMILES string of the molecule is C[C@@H]1CN(c2ncnc3c2C2(CCC2)CN3c2cc(C#N)ccn2)[C@@H](C)CN1C(=O)C1(CF)CCCO1. The van der Waals surface area contributed by atoms with Gasteiger partial charge in [0.25, 0.3) is 5.91 Å². The zero-order valence-electron chi connectivity index (χ0n) is 21.4. The summed E-state index contributed by atoms with van der Waals surface area (Å²) in [5, 5.41) is 9.40. The number of nitriles is 1. The number of aromatic nitrogens is 3. The Labute approximate surface area is 216 Å². The van der Waals surface area contributed by atoms with Crippen LogP contribution in [0, 0.1) is 11.3 Å². The fourth-order valence-corrected chi connectivity index (χ4v) is 6.55. The smallest absolute Gasteiger partial charge is 0.257 e. The number of rotatable bonds is 4. The summed E-state index contributed by atoms with van der Waals surface area (Å²) in [5.74, 6) is 2.25. The van der Waals surface area contributed by atoms with Gasteiger partial charge in [-0.1, -0.05) is 6.42 Å². The first kappa shape index (κ1) is 24.0. The maximum atomic E-state index is 14.0. The number of nitrogens with zero attached hydrogens (tertiary/aromatic N) is 7. The number of amides is 1. The van der Waals surface area contributed by atoms with E-state index in [1.165, 1.54) is 0 Å². The summed E-state index contributed by atoms with van der Waals surface area (Å²) in [6, 6.07) is 5.59. The molecule has 1 spiro atoms. The number of carbonyl (C=O) groups is 1. The van der Waals surface area contributed by atoms with Gasteiger partial charge >= 0.3 is 0 Å². The van der Waals surface area contributed by atoms with Crippen LogP contribution >= 0.6 is 0 Å². The zero-order valence-corrected chi connectivity index (χ0v) is 21.4. The lowest BCUT2D eigenvalue weighted by molar-refractivity contribution is -0.158. The van der Waals surface area contributed by atoms with Gasteiger partial charge in [0.15, 0.2) is 5.60 Å². The Kier molecular flexibility index (Phi) is 5.79. The number of piperazine rings is 1. The standard InChI is InChI=1S/C27H32FN7O2/c1-18-14-34(25(36)27(15-28)8-4-10-37-27)19(2)13-33(18)23-22-24(32-17-31-23)35(16-26(22)6-3-7-26)21-11-20(12-29)5-9-30-21/h5,9,11,17-19H,3-4,6-8,10,13-16H2,1-2H3/t18-,19+,27?/m0/s1. The minimum atomic E-state index is -1.33. The molecule has 194 valence electrons. The third kappa shape index (κ3) is 3.66. The second kappa shape index (κ2) is 8.91. The average molecular weight is 506 g/mol. The number of carbonyl (C=O) groups excluding carboxylic acids is 1. The number of hydrogen-bond acceptors (Lipinski definition) is 8. The Morgan fingerprint density at radius 2 is 1.97 bits per heavy atom. The van der Waals surface area contributed by atoms with Crippen LogP contribution in [0.15, 0.2) is 24.7 Å². The highest BCUT2D eigenvalue weighted by Gasteiger charge is 2.53. The molecular weight excluding hydrogens is 473 g/mol. The van der Waals surface area contributed by atoms with Gasteiger partial charge in [-0.3, -0.25) is 4.79 Å². The van der Waals surface area contributed by atoms with Crippen LogP contribution in [0.3, 0.4) is 0 Å². The van der Waals surface area contributed by atoms with Crippen molar-refractivity contribution in [2.45, 2.75) is 69.1 Å². The lowest BCUT2D eigenvalue weighted by Crippen LogP contribution is -2.63. The van der Waals surface area contributed by atoms with Gasteiger partial charge in [-0.15, -0.1) is 0 Å². The molecule has 0 aromatic carbocycles. The molecule has 3 aliphatic heterocycles. The summed E-state index contributed by atoms with van der Waals surface area (Å²) in [6.07, 6.45) is 7.65. The van der Waals surface area contributed by atoms with E-state index < -0.39 is 12.3 Å². The summed E-state index contributed by atoms with van der Waals surface area (Å²) < 4.78 is 19.7. The Bertz CT molecular complexity index is 1250. The van der Waals surface area contributed by atoms with Gasteiger partial charge in [0.1, 0.15) is 30.5 Å². The van der Waals surface area contributed by atoms with Crippen LogP contribution in [-0.4, -0.2) is 76.4 Å². The van der Waals surface area contributed by atoms with Gasteiger partial charge < -0.3 is 19.4 Å². The largest absolute Gasteiger partial charge is 0.362 e. The monoisotopic (exact) mass is 505 g/mol. The summed E-state index contributed by atoms with van der Waals surface area (Å²) >= 11 is 0. The molecule has 2 aromatic rings. The second-order valence-electron chi connectivity index (χ2n) is 11.0. The van der Waals surface area contributed by atoms with Crippen LogP contribution in [0.2, 0.25) is 0 Å². The predicted molar refractivity (Wildman–Crippen MR) is 135 cm³/mol. The fraction of sp³-hybridized carbons (Fsp3) is 0.593. The topological polar surface area (TPSA) is 98.5 Å². The van der Waals surface area contributed by atoms with Crippen molar-refractivity contribution in [3.8, 4) is 6.07 Å². The van der Waals surface area contributed by atoms with Gasteiger partial charge in [0, 0.05) is 55.5 Å². The van der Waals surface area contributed by atoms with Crippen LogP contribution in [0.25, 0.3) is 0 Å². The Balaban J connectivity index is 1.33. The van der Waals surface area contributed by atoms with Crippen molar-refractivity contribution in [3.05, 3.63) is 35.8 Å². The molecule has 1 saturated carbocycles. The maximum Gasteiger partial charge on any atom is 0.257 e. The highest BCUT2D eigenvalue weighted by atomic mass is 19.1. The highest BCUT2D eigenvalue weighted by Crippen LogP contribution is 2.56. The van der Waals surface area contributed by atoms with E-state index in [9.17, 15) is 14.4 Å². The summed E-state index contributed by atoms with van der Waals surface area (Å²) in [6.45, 7) is 5.58. The molecule has 37 heavy (non-hydrogen) atoms. The molecule has 2 saturated heterocycles. The third-order valence-corrected chi connectivity index (χ3v) is 8.74. The van der Waals surface area contributed by atoms with Gasteiger partial charge in [-0.05, 0) is 51.7 Å². The predicted octanol–water partition coefficient (Wildman–Crippen LogP) is 3.26. The van der Waals surface area contributed by atoms with Crippen LogP contribution in [-0.2, 0) is 14.9 Å². The van der Waals surface area contributed by atoms with Gasteiger partial charge in [-0.2, -0.15) is 5.26 Å². The van der Waals surface area contributed by atoms with Crippen LogP contribution in [0.1, 0.15) is 57.1 Å². The number of hydrogen-bond donors (Lipinski definition) is 0. The third-order valence-electron chi connectivity index (χ3n) is 8.74. The summed E-state index contributed by atoms with van der Waals surface area (Å²) in [4.78, 5) is 33.7. The summed E-state index contributed by atoms with van der Waals surface area (Å²) in [5.41, 5.74) is 0.329. The second-order valence-corrected chi connectivity index (χ2v) is 11.0. The molecule has 1 unspecified atom stereocenters. The Morgan fingerprint density at radius 1 is 1.16 bits per heavy atom.